The van der Waals surface area contributed by atoms with Crippen LogP contribution in [0, 0.1) is 5.92 Å². The molecule has 1 aromatic rings. The van der Waals surface area contributed by atoms with E-state index in [9.17, 15) is 13.2 Å². The van der Waals surface area contributed by atoms with Crippen LogP contribution < -0.4 is 5.32 Å². The summed E-state index contributed by atoms with van der Waals surface area (Å²) < 4.78 is 22.8. The van der Waals surface area contributed by atoms with E-state index >= 15 is 0 Å². The van der Waals surface area contributed by atoms with E-state index in [2.05, 4.69) is 25.0 Å². The van der Waals surface area contributed by atoms with E-state index in [-0.39, 0.29) is 17.4 Å². The number of carbonyl (C=O) groups excluding carboxylic acids is 1. The zero-order chi connectivity index (χ0) is 16.4. The number of anilines is 1. The summed E-state index contributed by atoms with van der Waals surface area (Å²) in [5, 5.41) is 2.83. The summed E-state index contributed by atoms with van der Waals surface area (Å²) >= 11 is 0. The van der Waals surface area contributed by atoms with E-state index in [0.717, 1.165) is 12.1 Å². The highest BCUT2D eigenvalue weighted by molar-refractivity contribution is 7.91. The molecule has 0 aliphatic carbocycles. The van der Waals surface area contributed by atoms with Gasteiger partial charge in [-0.05, 0) is 30.5 Å². The maximum Gasteiger partial charge on any atom is 0.228 e. The predicted molar refractivity (Wildman–Crippen MR) is 93.7 cm³/mol. The molecule has 0 radical (unpaired) electrons. The number of carbonyl (C=O) groups is 1. The summed E-state index contributed by atoms with van der Waals surface area (Å²) in [7, 11) is -4.06. The Morgan fingerprint density at radius 3 is 2.36 bits per heavy atom. The van der Waals surface area contributed by atoms with Crippen molar-refractivity contribution >= 4 is 29.5 Å². The molecule has 1 N–H and O–H groups in total. The molecule has 1 aromatic carbocycles. The molecule has 1 saturated heterocycles. The first kappa shape index (κ1) is 17.2. The van der Waals surface area contributed by atoms with Crippen LogP contribution in [0.25, 0.3) is 0 Å². The largest absolute Gasteiger partial charge is 0.326 e. The fourth-order valence-corrected chi connectivity index (χ4v) is 5.30. The van der Waals surface area contributed by atoms with E-state index in [0.29, 0.717) is 6.42 Å². The van der Waals surface area contributed by atoms with Crippen LogP contribution in [0.15, 0.2) is 24.3 Å². The van der Waals surface area contributed by atoms with Gasteiger partial charge < -0.3 is 5.32 Å². The smallest absolute Gasteiger partial charge is 0.228 e. The Morgan fingerprint density at radius 1 is 1.23 bits per heavy atom. The van der Waals surface area contributed by atoms with Crippen LogP contribution in [0.2, 0.25) is 25.7 Å². The van der Waals surface area contributed by atoms with Gasteiger partial charge in [-0.3, -0.25) is 4.79 Å². The number of rotatable bonds is 5. The molecule has 1 amide bonds. The molecule has 0 spiro atoms. The Labute approximate surface area is 134 Å². The number of hydrogen-bond donors (Lipinski definition) is 1. The van der Waals surface area contributed by atoms with Gasteiger partial charge in [0.25, 0.3) is 0 Å². The van der Waals surface area contributed by atoms with E-state index in [1.807, 2.05) is 24.3 Å². The third-order valence-corrected chi connectivity index (χ3v) is 7.51. The van der Waals surface area contributed by atoms with Crippen molar-refractivity contribution < 1.29 is 13.2 Å². The summed E-state index contributed by atoms with van der Waals surface area (Å²) in [6.07, 6.45) is 1.51. The summed E-state index contributed by atoms with van der Waals surface area (Å²) in [6.45, 7) is 7.08. The molecule has 1 unspecified atom stereocenters. The first-order chi connectivity index (χ1) is 10.1. The summed E-state index contributed by atoms with van der Waals surface area (Å²) in [5.41, 5.74) is 2.02. The first-order valence-electron chi connectivity index (χ1n) is 7.75. The molecule has 122 valence electrons. The van der Waals surface area contributed by atoms with Crippen molar-refractivity contribution in [3.05, 3.63) is 29.8 Å². The van der Waals surface area contributed by atoms with Crippen molar-refractivity contribution in [3.8, 4) is 0 Å². The molecule has 0 bridgehead atoms. The summed E-state index contributed by atoms with van der Waals surface area (Å²) in [6, 6.07) is 9.14. The minimum Gasteiger partial charge on any atom is -0.326 e. The van der Waals surface area contributed by atoms with E-state index in [4.69, 9.17) is 0 Å². The van der Waals surface area contributed by atoms with Gasteiger partial charge in [0.05, 0.1) is 17.4 Å². The lowest BCUT2D eigenvalue weighted by Crippen LogP contribution is -2.23. The van der Waals surface area contributed by atoms with Gasteiger partial charge in [-0.1, -0.05) is 37.8 Å². The van der Waals surface area contributed by atoms with Gasteiger partial charge in [-0.15, -0.1) is 0 Å². The lowest BCUT2D eigenvalue weighted by Gasteiger charge is -2.15. The topological polar surface area (TPSA) is 63.2 Å². The summed E-state index contributed by atoms with van der Waals surface area (Å²) in [5.74, 6) is -0.485. The Balaban J connectivity index is 1.90. The molecular weight excluding hydrogens is 314 g/mol. The van der Waals surface area contributed by atoms with Crippen molar-refractivity contribution in [1.82, 2.24) is 0 Å². The van der Waals surface area contributed by atoms with Crippen LogP contribution in [-0.4, -0.2) is 33.9 Å². The van der Waals surface area contributed by atoms with Crippen LogP contribution in [0.1, 0.15) is 12.0 Å². The fourth-order valence-electron chi connectivity index (χ4n) is 2.52. The van der Waals surface area contributed by atoms with Gasteiger partial charge >= 0.3 is 0 Å². The minimum absolute atomic E-state index is 0.0207. The SMILES string of the molecule is C[Si](C)(C)CCc1ccc(NC(=O)C2CCS(=O)(=O)C2)cc1. The van der Waals surface area contributed by atoms with Crippen LogP contribution in [-0.2, 0) is 21.1 Å². The number of amides is 1. The molecular formula is C16H25NO3SSi. The van der Waals surface area contributed by atoms with E-state index < -0.39 is 23.8 Å². The van der Waals surface area contributed by atoms with Crippen LogP contribution in [0.5, 0.6) is 0 Å². The Bertz CT molecular complexity index is 632. The van der Waals surface area contributed by atoms with Gasteiger partial charge in [-0.25, -0.2) is 8.42 Å². The Kier molecular flexibility index (Phi) is 5.12. The zero-order valence-corrected chi connectivity index (χ0v) is 15.4. The maximum absolute atomic E-state index is 12.1. The Morgan fingerprint density at radius 2 is 1.86 bits per heavy atom. The standard InChI is InChI=1S/C16H25NO3SSi/c1-22(2,3)11-9-13-4-6-15(7-5-13)17-16(18)14-8-10-21(19,20)12-14/h4-7,14H,8-12H2,1-3H3,(H,17,18). The highest BCUT2D eigenvalue weighted by Crippen LogP contribution is 2.21. The maximum atomic E-state index is 12.1. The molecule has 2 rings (SSSR count). The highest BCUT2D eigenvalue weighted by atomic mass is 32.2. The highest BCUT2D eigenvalue weighted by Gasteiger charge is 2.32. The molecule has 1 fully saturated rings. The predicted octanol–water partition coefficient (Wildman–Crippen LogP) is 2.94. The third-order valence-electron chi connectivity index (χ3n) is 3.99. The lowest BCUT2D eigenvalue weighted by atomic mass is 10.1. The molecule has 22 heavy (non-hydrogen) atoms. The number of hydrogen-bond acceptors (Lipinski definition) is 3. The van der Waals surface area contributed by atoms with Crippen molar-refractivity contribution in [1.29, 1.82) is 0 Å². The second kappa shape index (κ2) is 6.54. The molecule has 1 aliphatic heterocycles. The molecule has 0 aromatic heterocycles. The number of nitrogens with one attached hydrogen (secondary N) is 1. The monoisotopic (exact) mass is 339 g/mol. The van der Waals surface area contributed by atoms with E-state index in [1.165, 1.54) is 11.6 Å². The van der Waals surface area contributed by atoms with Gasteiger partial charge in [-0.2, -0.15) is 0 Å². The van der Waals surface area contributed by atoms with Crippen LogP contribution in [0.3, 0.4) is 0 Å². The van der Waals surface area contributed by atoms with Gasteiger partial charge in [0.1, 0.15) is 0 Å². The lowest BCUT2D eigenvalue weighted by molar-refractivity contribution is -0.119. The first-order valence-corrected chi connectivity index (χ1v) is 13.3. The summed E-state index contributed by atoms with van der Waals surface area (Å²) in [4.78, 5) is 12.1. The van der Waals surface area contributed by atoms with Crippen molar-refractivity contribution in [2.75, 3.05) is 16.8 Å². The van der Waals surface area contributed by atoms with Crippen LogP contribution >= 0.6 is 0 Å². The molecule has 1 aliphatic rings. The second-order valence-electron chi connectivity index (χ2n) is 7.35. The molecule has 4 nitrogen and oxygen atoms in total. The van der Waals surface area contributed by atoms with Crippen molar-refractivity contribution in [2.45, 2.75) is 38.5 Å². The number of benzene rings is 1. The van der Waals surface area contributed by atoms with Crippen LogP contribution in [0.4, 0.5) is 5.69 Å². The number of aryl methyl sites for hydroxylation is 1. The second-order valence-corrected chi connectivity index (χ2v) is 15.2. The molecule has 1 heterocycles. The third kappa shape index (κ3) is 5.25. The zero-order valence-electron chi connectivity index (χ0n) is 13.6. The van der Waals surface area contributed by atoms with Crippen molar-refractivity contribution in [3.63, 3.8) is 0 Å². The normalized spacial score (nSPS) is 20.8. The fraction of sp³-hybridized carbons (Fsp3) is 0.562. The minimum atomic E-state index is -3.02. The number of sulfone groups is 1. The Hall–Kier alpha value is -1.14. The average molecular weight is 340 g/mol. The van der Waals surface area contributed by atoms with E-state index in [1.54, 1.807) is 0 Å². The molecule has 1 atom stereocenters. The quantitative estimate of drug-likeness (QED) is 0.839. The van der Waals surface area contributed by atoms with Crippen molar-refractivity contribution in [2.24, 2.45) is 5.92 Å². The van der Waals surface area contributed by atoms with Gasteiger partial charge in [0.15, 0.2) is 9.84 Å². The molecule has 0 saturated carbocycles. The molecule has 6 heteroatoms. The van der Waals surface area contributed by atoms with Gasteiger partial charge in [0, 0.05) is 13.8 Å². The van der Waals surface area contributed by atoms with Gasteiger partial charge in [0.2, 0.25) is 5.91 Å². The average Bonchev–Trinajstić information content (AvgIpc) is 2.77.